The number of hydrogen-bond acceptors (Lipinski definition) is 4. The molecular formula is C22H26O4. The molecule has 4 heteroatoms. The van der Waals surface area contributed by atoms with Gasteiger partial charge in [0.1, 0.15) is 36.9 Å². The summed E-state index contributed by atoms with van der Waals surface area (Å²) in [4.78, 5) is 0. The van der Waals surface area contributed by atoms with Crippen molar-refractivity contribution in [1.29, 1.82) is 0 Å². The van der Waals surface area contributed by atoms with Gasteiger partial charge in [-0.3, -0.25) is 0 Å². The smallest absolute Gasteiger partial charge is 0.120 e. The Morgan fingerprint density at radius 3 is 1.27 bits per heavy atom. The van der Waals surface area contributed by atoms with Gasteiger partial charge in [-0.25, -0.2) is 0 Å². The summed E-state index contributed by atoms with van der Waals surface area (Å²) in [6.07, 6.45) is 0.543. The molecule has 0 amide bonds. The van der Waals surface area contributed by atoms with E-state index in [-0.39, 0.29) is 12.2 Å². The zero-order chi connectivity index (χ0) is 18.3. The SMILES string of the molecule is Cc1cc(OCC2CO2)cc(C)c1-c1c(C)cc(OCC2CO2)cc1C. The topological polar surface area (TPSA) is 43.5 Å². The maximum Gasteiger partial charge on any atom is 0.120 e. The third-order valence-electron chi connectivity index (χ3n) is 4.94. The Balaban J connectivity index is 1.60. The minimum Gasteiger partial charge on any atom is -0.491 e. The van der Waals surface area contributed by atoms with E-state index < -0.39 is 0 Å². The van der Waals surface area contributed by atoms with Gasteiger partial charge in [-0.2, -0.15) is 0 Å². The summed E-state index contributed by atoms with van der Waals surface area (Å²) in [6, 6.07) is 8.49. The minimum atomic E-state index is 0.272. The van der Waals surface area contributed by atoms with E-state index in [0.29, 0.717) is 13.2 Å². The molecule has 2 aromatic rings. The van der Waals surface area contributed by atoms with Crippen LogP contribution >= 0.6 is 0 Å². The summed E-state index contributed by atoms with van der Waals surface area (Å²) in [6.45, 7) is 11.5. The average molecular weight is 354 g/mol. The number of epoxide rings is 2. The molecular weight excluding hydrogens is 328 g/mol. The van der Waals surface area contributed by atoms with Crippen LogP contribution in [0, 0.1) is 27.7 Å². The highest BCUT2D eigenvalue weighted by molar-refractivity contribution is 5.78. The van der Waals surface area contributed by atoms with Crippen LogP contribution < -0.4 is 9.47 Å². The van der Waals surface area contributed by atoms with Crippen molar-refractivity contribution in [2.45, 2.75) is 39.9 Å². The van der Waals surface area contributed by atoms with Gasteiger partial charge in [0, 0.05) is 0 Å². The first-order valence-electron chi connectivity index (χ1n) is 9.23. The van der Waals surface area contributed by atoms with E-state index in [9.17, 15) is 0 Å². The van der Waals surface area contributed by atoms with Crippen molar-refractivity contribution in [1.82, 2.24) is 0 Å². The number of ether oxygens (including phenoxy) is 4. The molecule has 0 bridgehead atoms. The van der Waals surface area contributed by atoms with Gasteiger partial charge in [0.25, 0.3) is 0 Å². The highest BCUT2D eigenvalue weighted by Gasteiger charge is 2.24. The van der Waals surface area contributed by atoms with Crippen LogP contribution in [0.1, 0.15) is 22.3 Å². The van der Waals surface area contributed by atoms with Crippen LogP contribution in [-0.2, 0) is 9.47 Å². The van der Waals surface area contributed by atoms with E-state index in [2.05, 4.69) is 52.0 Å². The lowest BCUT2D eigenvalue weighted by Crippen LogP contribution is -2.06. The molecule has 2 atom stereocenters. The van der Waals surface area contributed by atoms with E-state index in [4.69, 9.17) is 18.9 Å². The van der Waals surface area contributed by atoms with Gasteiger partial charge >= 0.3 is 0 Å². The molecule has 0 N–H and O–H groups in total. The third kappa shape index (κ3) is 3.87. The van der Waals surface area contributed by atoms with Gasteiger partial charge in [0.05, 0.1) is 13.2 Å². The van der Waals surface area contributed by atoms with Crippen molar-refractivity contribution in [3.8, 4) is 22.6 Å². The van der Waals surface area contributed by atoms with Crippen LogP contribution in [0.2, 0.25) is 0 Å². The molecule has 2 aliphatic heterocycles. The lowest BCUT2D eigenvalue weighted by atomic mass is 9.89. The van der Waals surface area contributed by atoms with E-state index in [1.165, 1.54) is 33.4 Å². The van der Waals surface area contributed by atoms with Crippen molar-refractivity contribution in [2.24, 2.45) is 0 Å². The molecule has 138 valence electrons. The van der Waals surface area contributed by atoms with Crippen molar-refractivity contribution >= 4 is 0 Å². The molecule has 0 spiro atoms. The molecule has 4 rings (SSSR count). The second kappa shape index (κ2) is 6.93. The molecule has 0 aliphatic carbocycles. The highest BCUT2D eigenvalue weighted by Crippen LogP contribution is 2.37. The average Bonchev–Trinajstić information content (AvgIpc) is 3.47. The van der Waals surface area contributed by atoms with Crippen molar-refractivity contribution < 1.29 is 18.9 Å². The van der Waals surface area contributed by atoms with Crippen LogP contribution in [-0.4, -0.2) is 38.6 Å². The Labute approximate surface area is 155 Å². The fraction of sp³-hybridized carbons (Fsp3) is 0.455. The van der Waals surface area contributed by atoms with Crippen molar-refractivity contribution in [3.63, 3.8) is 0 Å². The minimum absolute atomic E-state index is 0.272. The van der Waals surface area contributed by atoms with Gasteiger partial charge in [0.15, 0.2) is 0 Å². The third-order valence-corrected chi connectivity index (χ3v) is 4.94. The maximum absolute atomic E-state index is 5.87. The standard InChI is InChI=1S/C22H26O4/c1-13-5-17(23-9-19-11-25-19)6-14(2)21(13)22-15(3)7-18(8-16(22)4)24-10-20-12-26-20/h5-8,19-20H,9-12H2,1-4H3. The second-order valence-electron chi connectivity index (χ2n) is 7.40. The fourth-order valence-corrected chi connectivity index (χ4v) is 3.51. The van der Waals surface area contributed by atoms with Crippen molar-refractivity contribution in [3.05, 3.63) is 46.5 Å². The number of aryl methyl sites for hydroxylation is 4. The second-order valence-corrected chi connectivity index (χ2v) is 7.40. The van der Waals surface area contributed by atoms with E-state index in [1.54, 1.807) is 0 Å². The Hall–Kier alpha value is -2.04. The first-order chi connectivity index (χ1) is 12.5. The zero-order valence-corrected chi connectivity index (χ0v) is 15.9. The molecule has 2 unspecified atom stereocenters. The number of rotatable bonds is 7. The normalized spacial score (nSPS) is 20.8. The summed E-state index contributed by atoms with van der Waals surface area (Å²) in [5.41, 5.74) is 7.47. The maximum atomic E-state index is 5.87. The largest absolute Gasteiger partial charge is 0.491 e. The van der Waals surface area contributed by atoms with Crippen molar-refractivity contribution in [2.75, 3.05) is 26.4 Å². The van der Waals surface area contributed by atoms with Crippen LogP contribution in [0.15, 0.2) is 24.3 Å². The Morgan fingerprint density at radius 1 is 0.692 bits per heavy atom. The molecule has 2 aliphatic rings. The lowest BCUT2D eigenvalue weighted by Gasteiger charge is -2.19. The first kappa shape index (κ1) is 17.4. The summed E-state index contributed by atoms with van der Waals surface area (Å²) in [7, 11) is 0. The lowest BCUT2D eigenvalue weighted by molar-refractivity contribution is 0.262. The predicted molar refractivity (Wildman–Crippen MR) is 101 cm³/mol. The summed E-state index contributed by atoms with van der Waals surface area (Å²) >= 11 is 0. The van der Waals surface area contributed by atoms with Gasteiger partial charge in [-0.1, -0.05) is 0 Å². The van der Waals surface area contributed by atoms with E-state index >= 15 is 0 Å². The highest BCUT2D eigenvalue weighted by atomic mass is 16.6. The predicted octanol–water partition coefficient (Wildman–Crippen LogP) is 4.14. The molecule has 0 radical (unpaired) electrons. The monoisotopic (exact) mass is 354 g/mol. The van der Waals surface area contributed by atoms with Crippen LogP contribution in [0.25, 0.3) is 11.1 Å². The molecule has 2 heterocycles. The molecule has 0 saturated carbocycles. The molecule has 4 nitrogen and oxygen atoms in total. The molecule has 2 aromatic carbocycles. The molecule has 2 fully saturated rings. The molecule has 26 heavy (non-hydrogen) atoms. The Bertz CT molecular complexity index is 703. The van der Waals surface area contributed by atoms with Gasteiger partial charge in [0.2, 0.25) is 0 Å². The Kier molecular flexibility index (Phi) is 4.63. The van der Waals surface area contributed by atoms with Gasteiger partial charge in [-0.05, 0) is 85.3 Å². The number of hydrogen-bond donors (Lipinski definition) is 0. The summed E-state index contributed by atoms with van der Waals surface area (Å²) in [5.74, 6) is 1.83. The fourth-order valence-electron chi connectivity index (χ4n) is 3.51. The summed E-state index contributed by atoms with van der Waals surface area (Å²) in [5, 5.41) is 0. The van der Waals surface area contributed by atoms with Crippen LogP contribution in [0.5, 0.6) is 11.5 Å². The van der Waals surface area contributed by atoms with Gasteiger partial charge < -0.3 is 18.9 Å². The zero-order valence-electron chi connectivity index (χ0n) is 15.9. The quantitative estimate of drug-likeness (QED) is 0.701. The van der Waals surface area contributed by atoms with Crippen LogP contribution in [0.4, 0.5) is 0 Å². The molecule has 2 saturated heterocycles. The Morgan fingerprint density at radius 2 is 1.00 bits per heavy atom. The number of benzene rings is 2. The first-order valence-corrected chi connectivity index (χ1v) is 9.23. The van der Waals surface area contributed by atoms with Crippen LogP contribution in [0.3, 0.4) is 0 Å². The summed E-state index contributed by atoms with van der Waals surface area (Å²) < 4.78 is 22.2. The molecule has 0 aromatic heterocycles. The van der Waals surface area contributed by atoms with E-state index in [1.807, 2.05) is 0 Å². The van der Waals surface area contributed by atoms with Gasteiger partial charge in [-0.15, -0.1) is 0 Å². The van der Waals surface area contributed by atoms with E-state index in [0.717, 1.165) is 24.7 Å².